The summed E-state index contributed by atoms with van der Waals surface area (Å²) in [4.78, 5) is 0. The summed E-state index contributed by atoms with van der Waals surface area (Å²) < 4.78 is 26.3. The molecule has 0 aliphatic carbocycles. The van der Waals surface area contributed by atoms with Gasteiger partial charge in [0.05, 0.1) is 11.1 Å². The molecule has 0 aliphatic heterocycles. The maximum atomic E-state index is 13.3. The number of nitrogens with one attached hydrogen (secondary N) is 1. The van der Waals surface area contributed by atoms with Crippen LogP contribution in [0.2, 0.25) is 5.02 Å². The topological polar surface area (TPSA) is 12.0 Å². The van der Waals surface area contributed by atoms with Crippen LogP contribution in [0.25, 0.3) is 0 Å². The minimum absolute atomic E-state index is 0.0805. The Bertz CT molecular complexity index is 384. The summed E-state index contributed by atoms with van der Waals surface area (Å²) in [6.07, 6.45) is 5.14. The minimum atomic E-state index is -0.682. The lowest BCUT2D eigenvalue weighted by Crippen LogP contribution is -2.15. The van der Waals surface area contributed by atoms with Gasteiger partial charge in [0.15, 0.2) is 0 Å². The van der Waals surface area contributed by atoms with E-state index < -0.39 is 17.7 Å². The van der Waals surface area contributed by atoms with Crippen molar-refractivity contribution in [1.82, 2.24) is 5.32 Å². The quantitative estimate of drug-likeness (QED) is 0.591. The summed E-state index contributed by atoms with van der Waals surface area (Å²) in [5.41, 5.74) is 0.0805. The molecule has 0 fully saturated rings. The van der Waals surface area contributed by atoms with Crippen molar-refractivity contribution in [1.29, 1.82) is 0 Å². The van der Waals surface area contributed by atoms with Crippen LogP contribution < -0.4 is 5.32 Å². The number of terminal acetylenes is 1. The summed E-state index contributed by atoms with van der Waals surface area (Å²) in [5.74, 6) is 0.996. The molecule has 1 aromatic rings. The molecule has 0 aromatic heterocycles. The van der Waals surface area contributed by atoms with Crippen LogP contribution in [0.4, 0.5) is 8.78 Å². The highest BCUT2D eigenvalue weighted by Gasteiger charge is 2.14. The van der Waals surface area contributed by atoms with Gasteiger partial charge in [-0.05, 0) is 19.2 Å². The van der Waals surface area contributed by atoms with E-state index in [9.17, 15) is 8.78 Å². The van der Waals surface area contributed by atoms with Gasteiger partial charge in [-0.2, -0.15) is 0 Å². The lowest BCUT2D eigenvalue weighted by Gasteiger charge is -2.11. The second-order valence-corrected chi connectivity index (χ2v) is 3.08. The Labute approximate surface area is 86.1 Å². The minimum Gasteiger partial charge on any atom is -0.303 e. The average Bonchev–Trinajstić information content (AvgIpc) is 2.15. The van der Waals surface area contributed by atoms with Gasteiger partial charge in [-0.1, -0.05) is 17.5 Å². The molecule has 0 radical (unpaired) electrons. The molecule has 0 bridgehead atoms. The van der Waals surface area contributed by atoms with E-state index in [4.69, 9.17) is 18.0 Å². The van der Waals surface area contributed by atoms with Crippen molar-refractivity contribution in [3.63, 3.8) is 0 Å². The van der Waals surface area contributed by atoms with Gasteiger partial charge >= 0.3 is 0 Å². The molecule has 1 unspecified atom stereocenters. The van der Waals surface area contributed by atoms with Gasteiger partial charge in [-0.15, -0.1) is 6.42 Å². The Morgan fingerprint density at radius 1 is 1.43 bits per heavy atom. The van der Waals surface area contributed by atoms with Crippen LogP contribution in [-0.4, -0.2) is 7.05 Å². The molecule has 14 heavy (non-hydrogen) atoms. The van der Waals surface area contributed by atoms with E-state index in [0.29, 0.717) is 0 Å². The lowest BCUT2D eigenvalue weighted by atomic mass is 10.1. The highest BCUT2D eigenvalue weighted by atomic mass is 35.5. The molecule has 1 N–H and O–H groups in total. The second kappa shape index (κ2) is 4.41. The predicted octanol–water partition coefficient (Wildman–Crippen LogP) is 2.51. The second-order valence-electron chi connectivity index (χ2n) is 2.68. The largest absolute Gasteiger partial charge is 0.303 e. The molecular weight excluding hydrogens is 208 g/mol. The first-order valence-electron chi connectivity index (χ1n) is 3.88. The van der Waals surface area contributed by atoms with Crippen LogP contribution in [0, 0.1) is 24.0 Å². The third-order valence-corrected chi connectivity index (χ3v) is 2.10. The van der Waals surface area contributed by atoms with Crippen LogP contribution in [0.15, 0.2) is 12.1 Å². The molecule has 1 atom stereocenters. The monoisotopic (exact) mass is 215 g/mol. The first kappa shape index (κ1) is 11.0. The van der Waals surface area contributed by atoms with Crippen molar-refractivity contribution >= 4 is 11.6 Å². The summed E-state index contributed by atoms with van der Waals surface area (Å²) in [6, 6.07) is 1.26. The number of hydrogen-bond donors (Lipinski definition) is 1. The summed E-state index contributed by atoms with van der Waals surface area (Å²) in [7, 11) is 1.57. The SMILES string of the molecule is C#CC(NC)c1cc(F)c(Cl)cc1F. The smallest absolute Gasteiger partial charge is 0.142 e. The Balaban J connectivity index is 3.22. The molecule has 0 saturated heterocycles. The maximum Gasteiger partial charge on any atom is 0.142 e. The van der Waals surface area contributed by atoms with Gasteiger partial charge in [-0.25, -0.2) is 8.78 Å². The molecule has 0 spiro atoms. The zero-order valence-corrected chi connectivity index (χ0v) is 8.20. The van der Waals surface area contributed by atoms with Gasteiger partial charge in [0.2, 0.25) is 0 Å². The van der Waals surface area contributed by atoms with E-state index in [1.165, 1.54) is 0 Å². The number of rotatable bonds is 2. The van der Waals surface area contributed by atoms with Crippen molar-refractivity contribution in [2.24, 2.45) is 0 Å². The van der Waals surface area contributed by atoms with Crippen molar-refractivity contribution in [2.75, 3.05) is 7.05 Å². The fourth-order valence-electron chi connectivity index (χ4n) is 1.09. The zero-order chi connectivity index (χ0) is 10.7. The molecular formula is C10H8ClF2N. The Kier molecular flexibility index (Phi) is 3.45. The first-order chi connectivity index (χ1) is 6.60. The predicted molar refractivity (Wildman–Crippen MR) is 52.0 cm³/mol. The molecule has 74 valence electrons. The third-order valence-electron chi connectivity index (χ3n) is 1.81. The molecule has 0 heterocycles. The van der Waals surface area contributed by atoms with Crippen LogP contribution in [0.5, 0.6) is 0 Å². The lowest BCUT2D eigenvalue weighted by molar-refractivity contribution is 0.567. The first-order valence-corrected chi connectivity index (χ1v) is 4.25. The van der Waals surface area contributed by atoms with Crippen LogP contribution in [-0.2, 0) is 0 Å². The van der Waals surface area contributed by atoms with Crippen molar-refractivity contribution < 1.29 is 8.78 Å². The summed E-state index contributed by atoms with van der Waals surface area (Å²) in [5, 5.41) is 2.42. The Morgan fingerprint density at radius 2 is 2.07 bits per heavy atom. The highest BCUT2D eigenvalue weighted by molar-refractivity contribution is 6.30. The molecule has 1 aromatic carbocycles. The molecule has 1 nitrogen and oxygen atoms in total. The Morgan fingerprint density at radius 3 is 2.57 bits per heavy atom. The normalized spacial score (nSPS) is 12.2. The van der Waals surface area contributed by atoms with Crippen molar-refractivity contribution in [2.45, 2.75) is 6.04 Å². The zero-order valence-electron chi connectivity index (χ0n) is 7.44. The van der Waals surface area contributed by atoms with Crippen molar-refractivity contribution in [3.8, 4) is 12.3 Å². The Hall–Kier alpha value is -1.11. The van der Waals surface area contributed by atoms with Gasteiger partial charge < -0.3 is 5.32 Å². The van der Waals surface area contributed by atoms with E-state index in [2.05, 4.69) is 11.2 Å². The van der Waals surface area contributed by atoms with Gasteiger partial charge in [0, 0.05) is 5.56 Å². The molecule has 0 aliphatic rings. The number of benzene rings is 1. The van der Waals surface area contributed by atoms with Gasteiger partial charge in [0.1, 0.15) is 11.6 Å². The van der Waals surface area contributed by atoms with Crippen LogP contribution in [0.1, 0.15) is 11.6 Å². The van der Waals surface area contributed by atoms with E-state index in [1.54, 1.807) is 7.05 Å². The van der Waals surface area contributed by atoms with E-state index in [1.807, 2.05) is 0 Å². The summed E-state index contributed by atoms with van der Waals surface area (Å²) in [6.45, 7) is 0. The molecule has 0 amide bonds. The van der Waals surface area contributed by atoms with Gasteiger partial charge in [-0.3, -0.25) is 0 Å². The van der Waals surface area contributed by atoms with E-state index in [0.717, 1.165) is 12.1 Å². The fourth-order valence-corrected chi connectivity index (χ4v) is 1.24. The van der Waals surface area contributed by atoms with Crippen LogP contribution in [0.3, 0.4) is 0 Å². The number of hydrogen-bond acceptors (Lipinski definition) is 1. The van der Waals surface area contributed by atoms with Gasteiger partial charge in [0.25, 0.3) is 0 Å². The summed E-state index contributed by atoms with van der Waals surface area (Å²) >= 11 is 5.39. The van der Waals surface area contributed by atoms with Crippen molar-refractivity contribution in [3.05, 3.63) is 34.4 Å². The standard InChI is InChI=1S/C10H8ClF2N/c1-3-10(14-2)6-4-9(13)7(11)5-8(6)12/h1,4-5,10,14H,2H3. The van der Waals surface area contributed by atoms with E-state index in [-0.39, 0.29) is 10.6 Å². The van der Waals surface area contributed by atoms with E-state index >= 15 is 0 Å². The molecule has 1 rings (SSSR count). The average molecular weight is 216 g/mol. The molecule has 0 saturated carbocycles. The number of halogens is 3. The fraction of sp³-hybridized carbons (Fsp3) is 0.200. The third kappa shape index (κ3) is 2.03. The highest BCUT2D eigenvalue weighted by Crippen LogP contribution is 2.23. The molecule has 4 heteroatoms. The van der Waals surface area contributed by atoms with Crippen LogP contribution >= 0.6 is 11.6 Å². The maximum absolute atomic E-state index is 13.3.